The minimum Gasteiger partial charge on any atom is -0.350 e. The average Bonchev–Trinajstić information content (AvgIpc) is 2.89. The number of fused-ring (bicyclic) bond motifs is 1. The zero-order valence-electron chi connectivity index (χ0n) is 12.9. The van der Waals surface area contributed by atoms with Crippen LogP contribution in [0.1, 0.15) is 46.5 Å². The Morgan fingerprint density at radius 3 is 2.55 bits per heavy atom. The summed E-state index contributed by atoms with van der Waals surface area (Å²) in [7, 11) is 0. The van der Waals surface area contributed by atoms with Crippen molar-refractivity contribution < 1.29 is 14.3 Å². The van der Waals surface area contributed by atoms with Crippen molar-refractivity contribution in [2.45, 2.75) is 52.7 Å². The van der Waals surface area contributed by atoms with E-state index < -0.39 is 0 Å². The molecule has 2 fully saturated rings. The molecule has 0 bridgehead atoms. The lowest BCUT2D eigenvalue weighted by Crippen LogP contribution is -2.52. The first-order chi connectivity index (χ1) is 9.49. The number of carbonyl (C=O) groups is 1. The van der Waals surface area contributed by atoms with Gasteiger partial charge in [0.25, 0.3) is 0 Å². The van der Waals surface area contributed by atoms with Gasteiger partial charge in [-0.1, -0.05) is 33.3 Å². The second-order valence-electron chi connectivity index (χ2n) is 7.55. The van der Waals surface area contributed by atoms with E-state index in [1.54, 1.807) is 0 Å². The van der Waals surface area contributed by atoms with Crippen LogP contribution in [0.3, 0.4) is 0 Å². The zero-order chi connectivity index (χ0) is 14.4. The molecular weight excluding hydrogens is 252 g/mol. The predicted molar refractivity (Wildman–Crippen MR) is 77.2 cm³/mol. The van der Waals surface area contributed by atoms with Gasteiger partial charge in [0.15, 0.2) is 6.29 Å². The number of aldehydes is 1. The van der Waals surface area contributed by atoms with Crippen molar-refractivity contribution in [1.29, 1.82) is 0 Å². The molecule has 0 radical (unpaired) electrons. The molecule has 0 spiro atoms. The first kappa shape index (κ1) is 14.3. The highest BCUT2D eigenvalue weighted by Crippen LogP contribution is 2.60. The van der Waals surface area contributed by atoms with Gasteiger partial charge in [0.2, 0.25) is 0 Å². The van der Waals surface area contributed by atoms with Crippen molar-refractivity contribution in [3.8, 4) is 0 Å². The Balaban J connectivity index is 2.01. The summed E-state index contributed by atoms with van der Waals surface area (Å²) < 4.78 is 11.6. The number of ether oxygens (including phenoxy) is 2. The molecule has 0 aromatic rings. The minimum absolute atomic E-state index is 0.0980. The maximum Gasteiger partial charge on any atom is 0.165 e. The van der Waals surface area contributed by atoms with Gasteiger partial charge in [-0.3, -0.25) is 4.79 Å². The van der Waals surface area contributed by atoms with Crippen LogP contribution in [0.15, 0.2) is 11.6 Å². The van der Waals surface area contributed by atoms with Crippen molar-refractivity contribution >= 4 is 6.29 Å². The maximum absolute atomic E-state index is 11.5. The summed E-state index contributed by atoms with van der Waals surface area (Å²) in [4.78, 5) is 11.5. The Labute approximate surface area is 121 Å². The van der Waals surface area contributed by atoms with Crippen LogP contribution in [0.2, 0.25) is 0 Å². The number of hydrogen-bond acceptors (Lipinski definition) is 3. The molecule has 0 amide bonds. The monoisotopic (exact) mass is 278 g/mol. The molecule has 1 saturated carbocycles. The van der Waals surface area contributed by atoms with E-state index in [0.29, 0.717) is 24.5 Å². The van der Waals surface area contributed by atoms with Crippen LogP contribution < -0.4 is 0 Å². The van der Waals surface area contributed by atoms with Gasteiger partial charge in [-0.2, -0.15) is 0 Å². The van der Waals surface area contributed by atoms with Crippen LogP contribution in [0, 0.1) is 22.7 Å². The van der Waals surface area contributed by atoms with Crippen LogP contribution in [0.4, 0.5) is 0 Å². The summed E-state index contributed by atoms with van der Waals surface area (Å²) in [6.07, 6.45) is 7.63. The second kappa shape index (κ2) is 4.96. The van der Waals surface area contributed by atoms with E-state index in [9.17, 15) is 4.79 Å². The molecule has 0 unspecified atom stereocenters. The number of allylic oxidation sites excluding steroid dienone is 1. The Kier molecular flexibility index (Phi) is 3.54. The number of hydrogen-bond donors (Lipinski definition) is 0. The van der Waals surface area contributed by atoms with Crippen LogP contribution in [-0.4, -0.2) is 25.8 Å². The molecule has 3 rings (SSSR count). The summed E-state index contributed by atoms with van der Waals surface area (Å²) in [6.45, 7) is 8.41. The second-order valence-corrected chi connectivity index (χ2v) is 7.55. The van der Waals surface area contributed by atoms with E-state index in [1.807, 2.05) is 0 Å². The molecule has 3 heteroatoms. The largest absolute Gasteiger partial charge is 0.350 e. The van der Waals surface area contributed by atoms with E-state index in [-0.39, 0.29) is 17.6 Å². The van der Waals surface area contributed by atoms with Gasteiger partial charge in [0.1, 0.15) is 6.29 Å². The highest BCUT2D eigenvalue weighted by molar-refractivity contribution is 5.75. The molecule has 3 aliphatic rings. The third kappa shape index (κ3) is 2.06. The smallest absolute Gasteiger partial charge is 0.165 e. The van der Waals surface area contributed by atoms with Gasteiger partial charge < -0.3 is 9.47 Å². The van der Waals surface area contributed by atoms with Gasteiger partial charge in [-0.15, -0.1) is 0 Å². The van der Waals surface area contributed by atoms with E-state index in [0.717, 1.165) is 18.3 Å². The van der Waals surface area contributed by atoms with Crippen LogP contribution in [0.25, 0.3) is 0 Å². The SMILES string of the molecule is CC1(C)CCC[C@]2(C)[C@@H](C3OCCO3)C(C=O)=CC[C@@H]12. The summed E-state index contributed by atoms with van der Waals surface area (Å²) >= 11 is 0. The lowest BCUT2D eigenvalue weighted by Gasteiger charge is -2.57. The lowest BCUT2D eigenvalue weighted by molar-refractivity contribution is -0.151. The summed E-state index contributed by atoms with van der Waals surface area (Å²) in [5, 5.41) is 0. The third-order valence-electron chi connectivity index (χ3n) is 5.99. The van der Waals surface area contributed by atoms with E-state index in [2.05, 4.69) is 26.8 Å². The summed E-state index contributed by atoms with van der Waals surface area (Å²) in [5.74, 6) is 0.700. The van der Waals surface area contributed by atoms with Crippen LogP contribution >= 0.6 is 0 Å². The van der Waals surface area contributed by atoms with E-state index >= 15 is 0 Å². The van der Waals surface area contributed by atoms with Crippen LogP contribution in [-0.2, 0) is 14.3 Å². The Hall–Kier alpha value is -0.670. The van der Waals surface area contributed by atoms with Crippen molar-refractivity contribution in [3.05, 3.63) is 11.6 Å². The first-order valence-electron chi connectivity index (χ1n) is 7.87. The Bertz CT molecular complexity index is 420. The molecule has 0 aromatic heterocycles. The Morgan fingerprint density at radius 2 is 1.90 bits per heavy atom. The maximum atomic E-state index is 11.5. The summed E-state index contributed by atoms with van der Waals surface area (Å²) in [6, 6.07) is 0. The quantitative estimate of drug-likeness (QED) is 0.727. The van der Waals surface area contributed by atoms with Crippen LogP contribution in [0.5, 0.6) is 0 Å². The van der Waals surface area contributed by atoms with Crippen molar-refractivity contribution in [1.82, 2.24) is 0 Å². The van der Waals surface area contributed by atoms with Gasteiger partial charge >= 0.3 is 0 Å². The molecule has 0 N–H and O–H groups in total. The van der Waals surface area contributed by atoms with Crippen molar-refractivity contribution in [2.75, 3.05) is 13.2 Å². The molecule has 1 saturated heterocycles. The van der Waals surface area contributed by atoms with Crippen molar-refractivity contribution in [2.24, 2.45) is 22.7 Å². The molecule has 20 heavy (non-hydrogen) atoms. The fourth-order valence-corrected chi connectivity index (χ4v) is 5.05. The summed E-state index contributed by atoms with van der Waals surface area (Å²) in [5.41, 5.74) is 1.34. The zero-order valence-corrected chi connectivity index (χ0v) is 12.9. The number of rotatable bonds is 2. The third-order valence-corrected chi connectivity index (χ3v) is 5.99. The predicted octanol–water partition coefficient (Wildman–Crippen LogP) is 3.34. The van der Waals surface area contributed by atoms with Gasteiger partial charge in [0, 0.05) is 5.92 Å². The molecule has 2 aliphatic carbocycles. The molecule has 1 heterocycles. The lowest BCUT2D eigenvalue weighted by atomic mass is 9.48. The molecule has 3 nitrogen and oxygen atoms in total. The number of carbonyl (C=O) groups excluding carboxylic acids is 1. The fraction of sp³-hybridized carbons (Fsp3) is 0.824. The minimum atomic E-state index is -0.229. The van der Waals surface area contributed by atoms with Gasteiger partial charge in [-0.25, -0.2) is 0 Å². The van der Waals surface area contributed by atoms with Gasteiger partial charge in [-0.05, 0) is 41.6 Å². The highest BCUT2D eigenvalue weighted by Gasteiger charge is 2.55. The normalized spacial score (nSPS) is 41.0. The molecule has 112 valence electrons. The highest BCUT2D eigenvalue weighted by atomic mass is 16.7. The first-order valence-corrected chi connectivity index (χ1v) is 7.87. The van der Waals surface area contributed by atoms with E-state index in [1.165, 1.54) is 19.3 Å². The average molecular weight is 278 g/mol. The van der Waals surface area contributed by atoms with Crippen molar-refractivity contribution in [3.63, 3.8) is 0 Å². The molecule has 0 aromatic carbocycles. The van der Waals surface area contributed by atoms with Gasteiger partial charge in [0.05, 0.1) is 13.2 Å². The molecule has 3 atom stereocenters. The van der Waals surface area contributed by atoms with E-state index in [4.69, 9.17) is 9.47 Å². The standard InChI is InChI=1S/C17H26O3/c1-16(2)7-4-8-17(3)13(16)6-5-12(11-18)14(17)15-19-9-10-20-15/h5,11,13-15H,4,6-10H2,1-3H3/t13-,14+,17-/m0/s1. The topological polar surface area (TPSA) is 35.5 Å². The fourth-order valence-electron chi connectivity index (χ4n) is 5.05. The molecule has 1 aliphatic heterocycles. The molecular formula is C17H26O3. The Morgan fingerprint density at radius 1 is 1.20 bits per heavy atom.